The van der Waals surface area contributed by atoms with Gasteiger partial charge in [-0.25, -0.2) is 9.78 Å². The third-order valence-corrected chi connectivity index (χ3v) is 5.35. The molecule has 0 bridgehead atoms. The smallest absolute Gasteiger partial charge is 0.356 e. The number of aromatic nitrogens is 3. The normalized spacial score (nSPS) is 10.8. The van der Waals surface area contributed by atoms with Crippen molar-refractivity contribution in [2.75, 3.05) is 13.7 Å². The van der Waals surface area contributed by atoms with Gasteiger partial charge in [0.2, 0.25) is 0 Å². The topological polar surface area (TPSA) is 88.2 Å². The predicted molar refractivity (Wildman–Crippen MR) is 110 cm³/mol. The molecule has 0 aliphatic heterocycles. The van der Waals surface area contributed by atoms with E-state index >= 15 is 0 Å². The van der Waals surface area contributed by atoms with Gasteiger partial charge in [-0.05, 0) is 18.2 Å². The molecule has 2 aromatic carbocycles. The monoisotopic (exact) mass is 406 g/mol. The molecule has 1 amide bonds. The molecule has 29 heavy (non-hydrogen) atoms. The van der Waals surface area contributed by atoms with Gasteiger partial charge in [0.15, 0.2) is 6.61 Å². The summed E-state index contributed by atoms with van der Waals surface area (Å²) in [6.07, 6.45) is 0. The molecule has 4 aromatic rings. The van der Waals surface area contributed by atoms with Crippen molar-refractivity contribution in [2.45, 2.75) is 6.54 Å². The summed E-state index contributed by atoms with van der Waals surface area (Å²) >= 11 is 1.54. The fraction of sp³-hybridized carbons (Fsp3) is 0.143. The molecule has 2 heterocycles. The average molecular weight is 406 g/mol. The first-order chi connectivity index (χ1) is 14.1. The van der Waals surface area contributed by atoms with E-state index in [1.807, 2.05) is 54.6 Å². The molecule has 4 rings (SSSR count). The predicted octanol–water partition coefficient (Wildman–Crippen LogP) is 3.50. The van der Waals surface area contributed by atoms with Crippen LogP contribution in [-0.2, 0) is 16.1 Å². The zero-order chi connectivity index (χ0) is 20.2. The van der Waals surface area contributed by atoms with Crippen molar-refractivity contribution in [1.82, 2.24) is 20.1 Å². The van der Waals surface area contributed by atoms with E-state index in [4.69, 9.17) is 4.74 Å². The molecule has 8 heteroatoms. The van der Waals surface area contributed by atoms with Crippen molar-refractivity contribution in [3.63, 3.8) is 0 Å². The Labute approximate surface area is 171 Å². The number of fused-ring (bicyclic) bond motifs is 1. The first kappa shape index (κ1) is 18.8. The van der Waals surface area contributed by atoms with Crippen molar-refractivity contribution >= 4 is 33.4 Å². The van der Waals surface area contributed by atoms with Crippen LogP contribution in [0, 0.1) is 0 Å². The Morgan fingerprint density at radius 1 is 1.10 bits per heavy atom. The van der Waals surface area contributed by atoms with Crippen LogP contribution < -0.4 is 0 Å². The van der Waals surface area contributed by atoms with Gasteiger partial charge in [0.25, 0.3) is 5.91 Å². The van der Waals surface area contributed by atoms with Crippen molar-refractivity contribution in [1.29, 1.82) is 0 Å². The number of hydrogen-bond acceptors (Lipinski definition) is 6. The van der Waals surface area contributed by atoms with Gasteiger partial charge >= 0.3 is 5.97 Å². The molecule has 0 fully saturated rings. The number of para-hydroxylation sites is 1. The van der Waals surface area contributed by atoms with Crippen LogP contribution in [0.5, 0.6) is 0 Å². The molecule has 0 aliphatic carbocycles. The molecular weight excluding hydrogens is 388 g/mol. The molecule has 146 valence electrons. The number of nitrogens with one attached hydrogen (secondary N) is 1. The molecular formula is C21H18N4O3S. The maximum absolute atomic E-state index is 12.3. The lowest BCUT2D eigenvalue weighted by Crippen LogP contribution is -2.30. The molecule has 0 unspecified atom stereocenters. The SMILES string of the molecule is CN(Cc1nc2ccccc2s1)C(=O)COC(=O)c1cc(-c2ccccc2)n[nH]1. The molecule has 0 saturated heterocycles. The summed E-state index contributed by atoms with van der Waals surface area (Å²) in [6, 6.07) is 18.9. The van der Waals surface area contributed by atoms with Crippen LogP contribution in [0.4, 0.5) is 0 Å². The average Bonchev–Trinajstić information content (AvgIpc) is 3.39. The first-order valence-electron chi connectivity index (χ1n) is 8.96. The van der Waals surface area contributed by atoms with E-state index in [0.29, 0.717) is 12.2 Å². The van der Waals surface area contributed by atoms with Crippen molar-refractivity contribution < 1.29 is 14.3 Å². The van der Waals surface area contributed by atoms with Gasteiger partial charge < -0.3 is 9.64 Å². The van der Waals surface area contributed by atoms with Crippen LogP contribution in [0.25, 0.3) is 21.5 Å². The second kappa shape index (κ2) is 8.24. The molecule has 1 N–H and O–H groups in total. The van der Waals surface area contributed by atoms with Crippen molar-refractivity contribution in [3.8, 4) is 11.3 Å². The van der Waals surface area contributed by atoms with Gasteiger partial charge in [0.1, 0.15) is 10.7 Å². The fourth-order valence-corrected chi connectivity index (χ4v) is 3.80. The molecule has 0 saturated carbocycles. The standard InChI is InChI=1S/C21H18N4O3S/c1-25(12-19-22-15-9-5-6-10-18(15)29-19)20(26)13-28-21(27)17-11-16(23-24-17)14-7-3-2-4-8-14/h2-11H,12-13H2,1H3,(H,23,24). The highest BCUT2D eigenvalue weighted by Crippen LogP contribution is 2.22. The number of thiazole rings is 1. The molecule has 0 atom stereocenters. The number of likely N-dealkylation sites (N-methyl/N-ethyl adjacent to an activating group) is 1. The van der Waals surface area contributed by atoms with Gasteiger partial charge in [-0.1, -0.05) is 42.5 Å². The minimum absolute atomic E-state index is 0.200. The Kier molecular flexibility index (Phi) is 5.35. The number of carbonyl (C=O) groups excluding carboxylic acids is 2. The Balaban J connectivity index is 1.32. The molecule has 7 nitrogen and oxygen atoms in total. The van der Waals surface area contributed by atoms with Gasteiger partial charge in [-0.15, -0.1) is 11.3 Å². The van der Waals surface area contributed by atoms with Crippen LogP contribution >= 0.6 is 11.3 Å². The maximum Gasteiger partial charge on any atom is 0.356 e. The van der Waals surface area contributed by atoms with E-state index in [-0.39, 0.29) is 18.2 Å². The summed E-state index contributed by atoms with van der Waals surface area (Å²) in [5.41, 5.74) is 2.63. The summed E-state index contributed by atoms with van der Waals surface area (Å²) in [7, 11) is 1.66. The third-order valence-electron chi connectivity index (χ3n) is 4.33. The van der Waals surface area contributed by atoms with Gasteiger partial charge in [0, 0.05) is 12.6 Å². The quantitative estimate of drug-likeness (QED) is 0.495. The van der Waals surface area contributed by atoms with Crippen LogP contribution in [0.2, 0.25) is 0 Å². The van der Waals surface area contributed by atoms with Gasteiger partial charge in [-0.3, -0.25) is 9.89 Å². The summed E-state index contributed by atoms with van der Waals surface area (Å²) in [4.78, 5) is 30.5. The maximum atomic E-state index is 12.3. The number of amides is 1. The van der Waals surface area contributed by atoms with E-state index < -0.39 is 5.97 Å². The summed E-state index contributed by atoms with van der Waals surface area (Å²) < 4.78 is 6.21. The van der Waals surface area contributed by atoms with Crippen LogP contribution in [0.3, 0.4) is 0 Å². The first-order valence-corrected chi connectivity index (χ1v) is 9.78. The van der Waals surface area contributed by atoms with Gasteiger partial charge in [-0.2, -0.15) is 5.10 Å². The summed E-state index contributed by atoms with van der Waals surface area (Å²) in [5.74, 6) is -0.929. The number of H-pyrrole nitrogens is 1. The Morgan fingerprint density at radius 2 is 1.86 bits per heavy atom. The van der Waals surface area contributed by atoms with E-state index in [9.17, 15) is 9.59 Å². The Bertz CT molecular complexity index is 1120. The molecule has 0 aliphatic rings. The highest BCUT2D eigenvalue weighted by molar-refractivity contribution is 7.18. The second-order valence-electron chi connectivity index (χ2n) is 6.43. The fourth-order valence-electron chi connectivity index (χ4n) is 2.78. The highest BCUT2D eigenvalue weighted by atomic mass is 32.1. The van der Waals surface area contributed by atoms with Crippen LogP contribution in [-0.4, -0.2) is 45.6 Å². The van der Waals surface area contributed by atoms with E-state index in [1.165, 1.54) is 16.2 Å². The van der Waals surface area contributed by atoms with E-state index in [0.717, 1.165) is 20.8 Å². The zero-order valence-electron chi connectivity index (χ0n) is 15.7. The minimum Gasteiger partial charge on any atom is -0.451 e. The van der Waals surface area contributed by atoms with E-state index in [1.54, 1.807) is 13.1 Å². The largest absolute Gasteiger partial charge is 0.451 e. The van der Waals surface area contributed by atoms with E-state index in [2.05, 4.69) is 15.2 Å². The number of carbonyl (C=O) groups is 2. The number of aromatic amines is 1. The van der Waals surface area contributed by atoms with Crippen LogP contribution in [0.15, 0.2) is 60.7 Å². The van der Waals surface area contributed by atoms with Crippen molar-refractivity contribution in [3.05, 3.63) is 71.4 Å². The summed E-state index contributed by atoms with van der Waals surface area (Å²) in [5, 5.41) is 7.60. The Morgan fingerprint density at radius 3 is 2.66 bits per heavy atom. The molecule has 0 radical (unpaired) electrons. The summed E-state index contributed by atoms with van der Waals surface area (Å²) in [6.45, 7) is 0.0118. The van der Waals surface area contributed by atoms with Crippen molar-refractivity contribution in [2.24, 2.45) is 0 Å². The van der Waals surface area contributed by atoms with Crippen LogP contribution in [0.1, 0.15) is 15.5 Å². The number of ether oxygens (including phenoxy) is 1. The lowest BCUT2D eigenvalue weighted by molar-refractivity contribution is -0.133. The Hall–Kier alpha value is -3.52. The number of esters is 1. The lowest BCUT2D eigenvalue weighted by atomic mass is 10.1. The second-order valence-corrected chi connectivity index (χ2v) is 7.55. The number of hydrogen-bond donors (Lipinski definition) is 1. The number of rotatable bonds is 6. The number of nitrogens with zero attached hydrogens (tertiary/aromatic N) is 3. The number of benzene rings is 2. The highest BCUT2D eigenvalue weighted by Gasteiger charge is 2.17. The third kappa shape index (κ3) is 4.33. The minimum atomic E-state index is -0.624. The molecule has 0 spiro atoms. The zero-order valence-corrected chi connectivity index (χ0v) is 16.5. The van der Waals surface area contributed by atoms with Gasteiger partial charge in [0.05, 0.1) is 22.5 Å². The lowest BCUT2D eigenvalue weighted by Gasteiger charge is -2.15. The molecule has 2 aromatic heterocycles.